The summed E-state index contributed by atoms with van der Waals surface area (Å²) in [4.78, 5) is 21.4. The Bertz CT molecular complexity index is 981. The van der Waals surface area contributed by atoms with Crippen molar-refractivity contribution < 1.29 is 4.79 Å². The first-order valence-electron chi connectivity index (χ1n) is 7.78. The number of nitrogens with zero attached hydrogens (tertiary/aromatic N) is 3. The number of carbonyl (C=O) groups is 1. The second-order valence-corrected chi connectivity index (χ2v) is 6.83. The van der Waals surface area contributed by atoms with Gasteiger partial charge in [-0.05, 0) is 32.0 Å². The highest BCUT2D eigenvalue weighted by Crippen LogP contribution is 2.29. The molecule has 0 aliphatic heterocycles. The van der Waals surface area contributed by atoms with Crippen LogP contribution in [0.4, 0.5) is 5.69 Å². The van der Waals surface area contributed by atoms with Gasteiger partial charge in [0.1, 0.15) is 16.9 Å². The van der Waals surface area contributed by atoms with Crippen molar-refractivity contribution in [2.75, 3.05) is 5.32 Å². The Kier molecular flexibility index (Phi) is 4.96. The molecule has 124 valence electrons. The van der Waals surface area contributed by atoms with Crippen molar-refractivity contribution in [1.29, 1.82) is 5.26 Å². The molecule has 0 spiro atoms. The summed E-state index contributed by atoms with van der Waals surface area (Å²) in [5.41, 5.74) is 1.82. The number of nitrogens with one attached hydrogen (secondary N) is 1. The molecule has 6 heteroatoms. The molecule has 0 unspecified atom stereocenters. The molecule has 0 bridgehead atoms. The lowest BCUT2D eigenvalue weighted by molar-refractivity contribution is -0.115. The Morgan fingerprint density at radius 1 is 1.16 bits per heavy atom. The first-order valence-corrected chi connectivity index (χ1v) is 8.66. The van der Waals surface area contributed by atoms with Gasteiger partial charge in [0.05, 0.1) is 22.0 Å². The molecule has 0 saturated heterocycles. The number of hydrogen-bond donors (Lipinski definition) is 1. The third-order valence-corrected chi connectivity index (χ3v) is 4.75. The summed E-state index contributed by atoms with van der Waals surface area (Å²) in [6, 6.07) is 16.8. The predicted octanol–water partition coefficient (Wildman–Crippen LogP) is 3.93. The van der Waals surface area contributed by atoms with Crippen molar-refractivity contribution in [3.05, 3.63) is 59.9 Å². The highest BCUT2D eigenvalue weighted by atomic mass is 32.2. The van der Waals surface area contributed by atoms with E-state index in [1.807, 2.05) is 38.1 Å². The van der Waals surface area contributed by atoms with E-state index >= 15 is 0 Å². The summed E-state index contributed by atoms with van der Waals surface area (Å²) in [5.74, 6) is 0.497. The second kappa shape index (κ2) is 7.32. The molecular weight excluding hydrogens is 332 g/mol. The number of para-hydroxylation sites is 2. The minimum absolute atomic E-state index is 0.173. The van der Waals surface area contributed by atoms with Crippen molar-refractivity contribution in [2.45, 2.75) is 24.1 Å². The molecule has 2 aromatic carbocycles. The van der Waals surface area contributed by atoms with Crippen LogP contribution in [0.25, 0.3) is 10.9 Å². The summed E-state index contributed by atoms with van der Waals surface area (Å²) in [7, 11) is 0. The van der Waals surface area contributed by atoms with Crippen LogP contribution in [-0.2, 0) is 4.79 Å². The van der Waals surface area contributed by atoms with Gasteiger partial charge in [0, 0.05) is 5.39 Å². The van der Waals surface area contributed by atoms with Gasteiger partial charge in [0.15, 0.2) is 0 Å². The van der Waals surface area contributed by atoms with Crippen LogP contribution in [0.15, 0.2) is 53.6 Å². The summed E-state index contributed by atoms with van der Waals surface area (Å²) in [6.45, 7) is 3.66. The Balaban J connectivity index is 1.82. The number of fused-ring (bicyclic) bond motifs is 1. The summed E-state index contributed by atoms with van der Waals surface area (Å²) in [5, 5.41) is 13.3. The fraction of sp³-hybridized carbons (Fsp3) is 0.158. The number of aromatic nitrogens is 2. The smallest absolute Gasteiger partial charge is 0.237 e. The molecule has 0 aliphatic carbocycles. The molecule has 1 amide bonds. The van der Waals surface area contributed by atoms with Crippen LogP contribution in [0.5, 0.6) is 0 Å². The Labute approximate surface area is 150 Å². The van der Waals surface area contributed by atoms with Crippen LogP contribution in [-0.4, -0.2) is 21.1 Å². The first-order chi connectivity index (χ1) is 12.1. The normalized spacial score (nSPS) is 11.7. The van der Waals surface area contributed by atoms with Gasteiger partial charge in [-0.15, -0.1) is 0 Å². The van der Waals surface area contributed by atoms with Crippen LogP contribution in [0, 0.1) is 18.3 Å². The zero-order valence-electron chi connectivity index (χ0n) is 13.9. The van der Waals surface area contributed by atoms with Crippen LogP contribution < -0.4 is 5.32 Å². The topological polar surface area (TPSA) is 78.7 Å². The second-order valence-electron chi connectivity index (χ2n) is 5.50. The van der Waals surface area contributed by atoms with Gasteiger partial charge in [-0.1, -0.05) is 42.1 Å². The fourth-order valence-electron chi connectivity index (χ4n) is 2.39. The maximum absolute atomic E-state index is 12.5. The molecule has 5 nitrogen and oxygen atoms in total. The molecule has 0 fully saturated rings. The lowest BCUT2D eigenvalue weighted by Crippen LogP contribution is -2.23. The molecule has 1 N–H and O–H groups in total. The number of carbonyl (C=O) groups excluding carboxylic acids is 1. The van der Waals surface area contributed by atoms with E-state index in [0.717, 1.165) is 15.9 Å². The first kappa shape index (κ1) is 16.9. The predicted molar refractivity (Wildman–Crippen MR) is 99.4 cm³/mol. The standard InChI is InChI=1S/C19H16N4OS/c1-12(18(24)23-16-9-5-3-7-14(16)11-20)25-19-15-8-4-6-10-17(15)21-13(2)22-19/h3-10,12H,1-2H3,(H,23,24)/t12-/m1/s1. The number of anilines is 1. The third-order valence-electron chi connectivity index (χ3n) is 3.64. The number of thioether (sulfide) groups is 1. The van der Waals surface area contributed by atoms with E-state index in [1.165, 1.54) is 11.8 Å². The minimum atomic E-state index is -0.371. The van der Waals surface area contributed by atoms with Crippen LogP contribution >= 0.6 is 11.8 Å². The SMILES string of the molecule is Cc1nc(S[C@H](C)C(=O)Nc2ccccc2C#N)c2ccccc2n1. The molecule has 1 heterocycles. The average Bonchev–Trinajstić information content (AvgIpc) is 2.62. The van der Waals surface area contributed by atoms with Gasteiger partial charge >= 0.3 is 0 Å². The Hall–Kier alpha value is -2.91. The van der Waals surface area contributed by atoms with Crippen molar-refractivity contribution in [3.8, 4) is 6.07 Å². The molecule has 25 heavy (non-hydrogen) atoms. The fourth-order valence-corrected chi connectivity index (χ4v) is 3.38. The number of benzene rings is 2. The van der Waals surface area contributed by atoms with Crippen LogP contribution in [0.3, 0.4) is 0 Å². The van der Waals surface area contributed by atoms with Gasteiger partial charge in [0.25, 0.3) is 0 Å². The largest absolute Gasteiger partial charge is 0.324 e. The minimum Gasteiger partial charge on any atom is -0.324 e. The van der Waals surface area contributed by atoms with Gasteiger partial charge in [-0.25, -0.2) is 9.97 Å². The highest BCUT2D eigenvalue weighted by Gasteiger charge is 2.18. The van der Waals surface area contributed by atoms with E-state index in [4.69, 9.17) is 5.26 Å². The van der Waals surface area contributed by atoms with Gasteiger partial charge in [0.2, 0.25) is 5.91 Å². The molecule has 0 radical (unpaired) electrons. The zero-order chi connectivity index (χ0) is 17.8. The van der Waals surface area contributed by atoms with E-state index in [9.17, 15) is 4.79 Å². The van der Waals surface area contributed by atoms with Crippen molar-refractivity contribution >= 4 is 34.3 Å². The van der Waals surface area contributed by atoms with Crippen molar-refractivity contribution in [2.24, 2.45) is 0 Å². The highest BCUT2D eigenvalue weighted by molar-refractivity contribution is 8.00. The number of nitriles is 1. The third kappa shape index (κ3) is 3.78. The monoisotopic (exact) mass is 348 g/mol. The van der Waals surface area contributed by atoms with Crippen LogP contribution in [0.2, 0.25) is 0 Å². The number of rotatable bonds is 4. The number of aryl methyl sites for hydroxylation is 1. The van der Waals surface area contributed by atoms with Crippen molar-refractivity contribution in [3.63, 3.8) is 0 Å². The van der Waals surface area contributed by atoms with E-state index in [0.29, 0.717) is 17.1 Å². The molecule has 0 aliphatic rings. The maximum atomic E-state index is 12.5. The number of amides is 1. The Morgan fingerprint density at radius 3 is 2.68 bits per heavy atom. The molecule has 1 aromatic heterocycles. The average molecular weight is 348 g/mol. The quantitative estimate of drug-likeness (QED) is 0.571. The lowest BCUT2D eigenvalue weighted by Gasteiger charge is -2.13. The summed E-state index contributed by atoms with van der Waals surface area (Å²) < 4.78 is 0. The molecule has 3 rings (SSSR count). The van der Waals surface area contributed by atoms with E-state index < -0.39 is 0 Å². The van der Waals surface area contributed by atoms with E-state index in [2.05, 4.69) is 21.4 Å². The maximum Gasteiger partial charge on any atom is 0.237 e. The van der Waals surface area contributed by atoms with E-state index in [-0.39, 0.29) is 11.2 Å². The van der Waals surface area contributed by atoms with Crippen LogP contribution in [0.1, 0.15) is 18.3 Å². The summed E-state index contributed by atoms with van der Waals surface area (Å²) in [6.07, 6.45) is 0. The van der Waals surface area contributed by atoms with Gasteiger partial charge in [-0.2, -0.15) is 5.26 Å². The Morgan fingerprint density at radius 2 is 1.88 bits per heavy atom. The van der Waals surface area contributed by atoms with Gasteiger partial charge in [-0.3, -0.25) is 4.79 Å². The molecule has 3 aromatic rings. The van der Waals surface area contributed by atoms with E-state index in [1.54, 1.807) is 24.3 Å². The molecule has 0 saturated carbocycles. The zero-order valence-corrected chi connectivity index (χ0v) is 14.7. The number of hydrogen-bond acceptors (Lipinski definition) is 5. The molecule has 1 atom stereocenters. The van der Waals surface area contributed by atoms with Gasteiger partial charge < -0.3 is 5.32 Å². The molecular formula is C19H16N4OS. The summed E-state index contributed by atoms with van der Waals surface area (Å²) >= 11 is 1.38. The lowest BCUT2D eigenvalue weighted by atomic mass is 10.2. The van der Waals surface area contributed by atoms with Crippen molar-refractivity contribution in [1.82, 2.24) is 9.97 Å².